The van der Waals surface area contributed by atoms with Crippen LogP contribution in [0.4, 0.5) is 4.39 Å². The van der Waals surface area contributed by atoms with E-state index in [1.165, 1.54) is 12.1 Å². The van der Waals surface area contributed by atoms with Crippen LogP contribution in [-0.2, 0) is 16.0 Å². The van der Waals surface area contributed by atoms with E-state index in [-0.39, 0.29) is 24.2 Å². The Labute approximate surface area is 97.6 Å². The number of hydrogen-bond acceptors (Lipinski definition) is 4. The number of carbonyl (C=O) groups excluding carboxylic acids is 2. The van der Waals surface area contributed by atoms with Crippen molar-refractivity contribution in [1.82, 2.24) is 0 Å². The second-order valence-electron chi connectivity index (χ2n) is 3.26. The van der Waals surface area contributed by atoms with Gasteiger partial charge in [-0.1, -0.05) is 0 Å². The Morgan fingerprint density at radius 1 is 1.59 bits per heavy atom. The van der Waals surface area contributed by atoms with Gasteiger partial charge in [-0.15, -0.1) is 0 Å². The van der Waals surface area contributed by atoms with Crippen molar-refractivity contribution >= 4 is 12.3 Å². The van der Waals surface area contributed by atoms with Gasteiger partial charge in [0.05, 0.1) is 24.2 Å². The molecule has 0 aliphatic carbocycles. The predicted octanol–water partition coefficient (Wildman–Crippen LogP) is 1.62. The van der Waals surface area contributed by atoms with E-state index in [1.807, 2.05) is 0 Å². The molecule has 17 heavy (non-hydrogen) atoms. The van der Waals surface area contributed by atoms with Crippen molar-refractivity contribution in [3.63, 3.8) is 0 Å². The zero-order valence-corrected chi connectivity index (χ0v) is 9.20. The third-order valence-electron chi connectivity index (χ3n) is 2.06. The van der Waals surface area contributed by atoms with Crippen molar-refractivity contribution in [2.45, 2.75) is 13.3 Å². The maximum atomic E-state index is 13.4. The minimum atomic E-state index is -0.866. The van der Waals surface area contributed by atoms with E-state index >= 15 is 0 Å². The molecule has 0 aliphatic rings. The quantitative estimate of drug-likeness (QED) is 0.587. The Kier molecular flexibility index (Phi) is 4.35. The fraction of sp³-hybridized carbons (Fsp3) is 0.250. The van der Waals surface area contributed by atoms with Crippen LogP contribution >= 0.6 is 0 Å². The second-order valence-corrected chi connectivity index (χ2v) is 3.26. The predicted molar refractivity (Wildman–Crippen MR) is 56.8 cm³/mol. The van der Waals surface area contributed by atoms with Gasteiger partial charge in [-0.2, -0.15) is 5.26 Å². The summed E-state index contributed by atoms with van der Waals surface area (Å²) in [5, 5.41) is 8.68. The molecule has 1 aromatic rings. The molecule has 0 saturated heterocycles. The zero-order valence-electron chi connectivity index (χ0n) is 9.20. The first-order valence-electron chi connectivity index (χ1n) is 4.95. The molecule has 0 saturated carbocycles. The van der Waals surface area contributed by atoms with Crippen molar-refractivity contribution in [1.29, 1.82) is 5.26 Å². The summed E-state index contributed by atoms with van der Waals surface area (Å²) in [6, 6.07) is 4.10. The summed E-state index contributed by atoms with van der Waals surface area (Å²) in [6.45, 7) is 1.91. The van der Waals surface area contributed by atoms with Gasteiger partial charge in [0.1, 0.15) is 6.07 Å². The zero-order chi connectivity index (χ0) is 12.8. The average Bonchev–Trinajstić information content (AvgIpc) is 2.31. The smallest absolute Gasteiger partial charge is 0.310 e. The van der Waals surface area contributed by atoms with Crippen molar-refractivity contribution in [2.75, 3.05) is 6.61 Å². The fourth-order valence-electron chi connectivity index (χ4n) is 1.36. The highest BCUT2D eigenvalue weighted by Crippen LogP contribution is 2.15. The lowest BCUT2D eigenvalue weighted by Crippen LogP contribution is -2.08. The number of halogens is 1. The Hall–Kier alpha value is -2.22. The van der Waals surface area contributed by atoms with Gasteiger partial charge in [0.25, 0.3) is 0 Å². The molecule has 0 N–H and O–H groups in total. The van der Waals surface area contributed by atoms with Gasteiger partial charge < -0.3 is 4.74 Å². The van der Waals surface area contributed by atoms with Crippen LogP contribution in [0.15, 0.2) is 12.1 Å². The number of esters is 1. The lowest BCUT2D eigenvalue weighted by atomic mass is 10.0. The number of nitrogens with zero attached hydrogens (tertiary/aromatic N) is 1. The van der Waals surface area contributed by atoms with Gasteiger partial charge in [0.2, 0.25) is 0 Å². The molecule has 4 nitrogen and oxygen atoms in total. The van der Waals surface area contributed by atoms with Gasteiger partial charge in [0.15, 0.2) is 12.1 Å². The van der Waals surface area contributed by atoms with Crippen LogP contribution in [0, 0.1) is 17.1 Å². The van der Waals surface area contributed by atoms with Crippen molar-refractivity contribution in [3.8, 4) is 6.07 Å². The lowest BCUT2D eigenvalue weighted by molar-refractivity contribution is -0.142. The first-order valence-corrected chi connectivity index (χ1v) is 4.95. The van der Waals surface area contributed by atoms with E-state index in [0.717, 1.165) is 0 Å². The molecule has 0 aromatic heterocycles. The molecule has 0 radical (unpaired) electrons. The van der Waals surface area contributed by atoms with E-state index in [1.54, 1.807) is 13.0 Å². The number of hydrogen-bond donors (Lipinski definition) is 0. The molecule has 0 fully saturated rings. The van der Waals surface area contributed by atoms with Crippen LogP contribution < -0.4 is 0 Å². The third-order valence-corrected chi connectivity index (χ3v) is 2.06. The first-order chi connectivity index (χ1) is 8.12. The average molecular weight is 235 g/mol. The number of rotatable bonds is 4. The largest absolute Gasteiger partial charge is 0.466 e. The van der Waals surface area contributed by atoms with Crippen LogP contribution in [0.3, 0.4) is 0 Å². The molecule has 0 amide bonds. The summed E-state index contributed by atoms with van der Waals surface area (Å²) in [5.41, 5.74) is -0.110. The summed E-state index contributed by atoms with van der Waals surface area (Å²) in [5.74, 6) is -1.35. The molecule has 1 aromatic carbocycles. The Balaban J connectivity index is 3.06. The maximum Gasteiger partial charge on any atom is 0.310 e. The van der Waals surface area contributed by atoms with Crippen LogP contribution in [0.1, 0.15) is 28.4 Å². The molecule has 0 aliphatic heterocycles. The van der Waals surface area contributed by atoms with E-state index in [2.05, 4.69) is 0 Å². The van der Waals surface area contributed by atoms with Crippen LogP contribution in [0.25, 0.3) is 0 Å². The number of carbonyl (C=O) groups is 2. The van der Waals surface area contributed by atoms with Crippen LogP contribution in [0.2, 0.25) is 0 Å². The summed E-state index contributed by atoms with van der Waals surface area (Å²) in [7, 11) is 0. The van der Waals surface area contributed by atoms with Gasteiger partial charge in [0, 0.05) is 0 Å². The highest BCUT2D eigenvalue weighted by molar-refractivity contribution is 5.78. The Morgan fingerprint density at radius 2 is 2.29 bits per heavy atom. The summed E-state index contributed by atoms with van der Waals surface area (Å²) < 4.78 is 18.1. The number of aldehydes is 1. The lowest BCUT2D eigenvalue weighted by Gasteiger charge is -2.04. The summed E-state index contributed by atoms with van der Waals surface area (Å²) >= 11 is 0. The minimum absolute atomic E-state index is 0.0936. The van der Waals surface area contributed by atoms with E-state index in [9.17, 15) is 14.0 Å². The SMILES string of the molecule is CCOC(=O)Cc1cc(C#N)c(F)c(C=O)c1. The molecule has 0 atom stereocenters. The highest BCUT2D eigenvalue weighted by Gasteiger charge is 2.12. The first kappa shape index (κ1) is 12.8. The maximum absolute atomic E-state index is 13.4. The molecule has 0 spiro atoms. The van der Waals surface area contributed by atoms with Crippen LogP contribution in [0.5, 0.6) is 0 Å². The van der Waals surface area contributed by atoms with Gasteiger partial charge in [-0.25, -0.2) is 4.39 Å². The van der Waals surface area contributed by atoms with Crippen LogP contribution in [-0.4, -0.2) is 18.9 Å². The Morgan fingerprint density at radius 3 is 2.82 bits per heavy atom. The molecule has 88 valence electrons. The molecule has 5 heteroatoms. The number of ether oxygens (including phenoxy) is 1. The summed E-state index contributed by atoms with van der Waals surface area (Å²) in [6.07, 6.45) is 0.217. The third kappa shape index (κ3) is 3.11. The molecule has 0 bridgehead atoms. The number of nitriles is 1. The highest BCUT2D eigenvalue weighted by atomic mass is 19.1. The molecular weight excluding hydrogens is 225 g/mol. The van der Waals surface area contributed by atoms with Crippen molar-refractivity contribution < 1.29 is 18.7 Å². The van der Waals surface area contributed by atoms with E-state index in [0.29, 0.717) is 11.8 Å². The molecule has 0 unspecified atom stereocenters. The van der Waals surface area contributed by atoms with Gasteiger partial charge >= 0.3 is 5.97 Å². The minimum Gasteiger partial charge on any atom is -0.466 e. The monoisotopic (exact) mass is 235 g/mol. The van der Waals surface area contributed by atoms with Gasteiger partial charge in [-0.05, 0) is 24.6 Å². The second kappa shape index (κ2) is 5.75. The number of benzene rings is 1. The Bertz CT molecular complexity index is 491. The molecule has 0 heterocycles. The normalized spacial score (nSPS) is 9.47. The van der Waals surface area contributed by atoms with Gasteiger partial charge in [-0.3, -0.25) is 9.59 Å². The standard InChI is InChI=1S/C12H10FNO3/c1-2-17-11(16)5-8-3-9(6-14)12(13)10(4-8)7-15/h3-4,7H,2,5H2,1H3. The summed E-state index contributed by atoms with van der Waals surface area (Å²) in [4.78, 5) is 21.8. The topological polar surface area (TPSA) is 67.2 Å². The van der Waals surface area contributed by atoms with E-state index in [4.69, 9.17) is 10.00 Å². The molecular formula is C12H10FNO3. The molecule has 1 rings (SSSR count). The van der Waals surface area contributed by atoms with Crippen molar-refractivity contribution in [3.05, 3.63) is 34.6 Å². The van der Waals surface area contributed by atoms with E-state index < -0.39 is 11.8 Å². The fourth-order valence-corrected chi connectivity index (χ4v) is 1.36. The van der Waals surface area contributed by atoms with Crippen molar-refractivity contribution in [2.24, 2.45) is 0 Å².